The lowest BCUT2D eigenvalue weighted by atomic mass is 9.79. The summed E-state index contributed by atoms with van der Waals surface area (Å²) in [6, 6.07) is 27.4. The van der Waals surface area contributed by atoms with Gasteiger partial charge in [-0.15, -0.1) is 0 Å². The Balaban J connectivity index is 1.91. The molecular formula is C25H24O4. The highest BCUT2D eigenvalue weighted by molar-refractivity contribution is 5.89. The zero-order valence-corrected chi connectivity index (χ0v) is 16.0. The van der Waals surface area contributed by atoms with Gasteiger partial charge in [-0.05, 0) is 22.2 Å². The van der Waals surface area contributed by atoms with Crippen molar-refractivity contribution >= 4 is 21.5 Å². The standard InChI is InChI=1S/C25H24O4/c26-15-25(16-27,17-28)24(22-13-5-9-18-7-1-3-11-20(18)22)29-23-14-6-10-19-8-2-4-12-21(19)23/h1-14,24,26-28H,15-17H2. The highest BCUT2D eigenvalue weighted by atomic mass is 16.5. The molecule has 4 nitrogen and oxygen atoms in total. The number of hydrogen-bond donors (Lipinski definition) is 3. The van der Waals surface area contributed by atoms with E-state index in [1.807, 2.05) is 84.9 Å². The van der Waals surface area contributed by atoms with Gasteiger partial charge in [0.2, 0.25) is 0 Å². The lowest BCUT2D eigenvalue weighted by Crippen LogP contribution is -2.42. The van der Waals surface area contributed by atoms with E-state index in [0.717, 1.165) is 27.1 Å². The predicted octanol–water partition coefficient (Wildman–Crippen LogP) is 4.08. The van der Waals surface area contributed by atoms with Crippen molar-refractivity contribution in [2.75, 3.05) is 19.8 Å². The number of rotatable bonds is 7. The Morgan fingerprint density at radius 1 is 0.621 bits per heavy atom. The number of fused-ring (bicyclic) bond motifs is 2. The van der Waals surface area contributed by atoms with Gasteiger partial charge in [-0.2, -0.15) is 0 Å². The summed E-state index contributed by atoms with van der Waals surface area (Å²) in [5, 5.41) is 34.5. The minimum absolute atomic E-state index is 0.418. The van der Waals surface area contributed by atoms with Gasteiger partial charge in [0.1, 0.15) is 11.9 Å². The number of hydrogen-bond acceptors (Lipinski definition) is 4. The first-order valence-corrected chi connectivity index (χ1v) is 9.67. The van der Waals surface area contributed by atoms with Crippen LogP contribution >= 0.6 is 0 Å². The summed E-state index contributed by atoms with van der Waals surface area (Å²) in [6.07, 6.45) is -0.751. The van der Waals surface area contributed by atoms with Crippen molar-refractivity contribution in [1.29, 1.82) is 0 Å². The van der Waals surface area contributed by atoms with Crippen molar-refractivity contribution in [3.8, 4) is 5.75 Å². The SMILES string of the molecule is OCC(CO)(CO)C(Oc1cccc2ccccc12)c1cccc2ccccc12. The first-order valence-electron chi connectivity index (χ1n) is 9.67. The van der Waals surface area contributed by atoms with E-state index in [1.54, 1.807) is 0 Å². The summed E-state index contributed by atoms with van der Waals surface area (Å²) >= 11 is 0. The van der Waals surface area contributed by atoms with Crippen LogP contribution in [-0.2, 0) is 0 Å². The van der Waals surface area contributed by atoms with Crippen LogP contribution in [0.5, 0.6) is 5.75 Å². The van der Waals surface area contributed by atoms with Crippen LogP contribution < -0.4 is 4.74 Å². The summed E-state index contributed by atoms with van der Waals surface area (Å²) in [5.41, 5.74) is -0.436. The van der Waals surface area contributed by atoms with Gasteiger partial charge in [-0.3, -0.25) is 0 Å². The Bertz CT molecular complexity index is 1100. The highest BCUT2D eigenvalue weighted by Crippen LogP contribution is 2.41. The summed E-state index contributed by atoms with van der Waals surface area (Å²) in [4.78, 5) is 0. The molecule has 3 N–H and O–H groups in total. The molecule has 0 aliphatic rings. The predicted molar refractivity (Wildman–Crippen MR) is 115 cm³/mol. The summed E-state index contributed by atoms with van der Waals surface area (Å²) in [7, 11) is 0. The molecule has 0 aromatic heterocycles. The van der Waals surface area contributed by atoms with Gasteiger partial charge < -0.3 is 20.1 Å². The van der Waals surface area contributed by atoms with Crippen LogP contribution in [0.2, 0.25) is 0 Å². The Kier molecular flexibility index (Phi) is 5.49. The average Bonchev–Trinajstić information content (AvgIpc) is 2.79. The van der Waals surface area contributed by atoms with Gasteiger partial charge in [0.05, 0.1) is 25.2 Å². The molecule has 0 saturated heterocycles. The second kappa shape index (κ2) is 8.21. The molecule has 4 rings (SSSR count). The maximum Gasteiger partial charge on any atom is 0.137 e. The number of aliphatic hydroxyl groups excluding tert-OH is 3. The largest absolute Gasteiger partial charge is 0.484 e. The quantitative estimate of drug-likeness (QED) is 0.446. The molecule has 29 heavy (non-hydrogen) atoms. The first kappa shape index (κ1) is 19.4. The summed E-state index contributed by atoms with van der Waals surface area (Å²) in [6.45, 7) is -1.25. The second-order valence-electron chi connectivity index (χ2n) is 7.38. The highest BCUT2D eigenvalue weighted by Gasteiger charge is 2.41. The monoisotopic (exact) mass is 388 g/mol. The topological polar surface area (TPSA) is 69.9 Å². The Hall–Kier alpha value is -2.92. The molecule has 0 spiro atoms. The molecule has 4 aromatic rings. The molecule has 0 heterocycles. The van der Waals surface area contributed by atoms with E-state index in [9.17, 15) is 15.3 Å². The van der Waals surface area contributed by atoms with Crippen LogP contribution in [0, 0.1) is 5.41 Å². The maximum atomic E-state index is 10.2. The zero-order chi connectivity index (χ0) is 20.3. The molecule has 0 bridgehead atoms. The van der Waals surface area contributed by atoms with Gasteiger partial charge in [-0.25, -0.2) is 0 Å². The maximum absolute atomic E-state index is 10.2. The summed E-state index contributed by atoms with van der Waals surface area (Å²) < 4.78 is 6.48. The molecule has 0 radical (unpaired) electrons. The number of benzene rings is 4. The Morgan fingerprint density at radius 3 is 1.79 bits per heavy atom. The Morgan fingerprint density at radius 2 is 1.14 bits per heavy atom. The van der Waals surface area contributed by atoms with E-state index in [4.69, 9.17) is 4.74 Å². The third-order valence-electron chi connectivity index (χ3n) is 5.60. The van der Waals surface area contributed by atoms with Gasteiger partial charge in [-0.1, -0.05) is 78.9 Å². The van der Waals surface area contributed by atoms with Gasteiger partial charge in [0.15, 0.2) is 0 Å². The van der Waals surface area contributed by atoms with Crippen LogP contribution in [0.25, 0.3) is 21.5 Å². The zero-order valence-electron chi connectivity index (χ0n) is 16.0. The van der Waals surface area contributed by atoms with Crippen molar-refractivity contribution in [3.05, 3.63) is 90.5 Å². The van der Waals surface area contributed by atoms with E-state index in [0.29, 0.717) is 5.75 Å². The fourth-order valence-electron chi connectivity index (χ4n) is 3.82. The first-order chi connectivity index (χ1) is 14.2. The van der Waals surface area contributed by atoms with Gasteiger partial charge in [0, 0.05) is 10.9 Å². The molecule has 0 aliphatic carbocycles. The van der Waals surface area contributed by atoms with Crippen molar-refractivity contribution in [2.24, 2.45) is 5.41 Å². The fraction of sp³-hybridized carbons (Fsp3) is 0.200. The van der Waals surface area contributed by atoms with E-state index in [-0.39, 0.29) is 0 Å². The fourth-order valence-corrected chi connectivity index (χ4v) is 3.82. The minimum Gasteiger partial charge on any atom is -0.484 e. The van der Waals surface area contributed by atoms with E-state index in [2.05, 4.69) is 0 Å². The van der Waals surface area contributed by atoms with E-state index in [1.165, 1.54) is 0 Å². The molecule has 4 heteroatoms. The van der Waals surface area contributed by atoms with Crippen LogP contribution in [-0.4, -0.2) is 35.1 Å². The van der Waals surface area contributed by atoms with Crippen molar-refractivity contribution in [2.45, 2.75) is 6.10 Å². The molecule has 0 saturated carbocycles. The number of ether oxygens (including phenoxy) is 1. The van der Waals surface area contributed by atoms with Gasteiger partial charge >= 0.3 is 0 Å². The number of aliphatic hydroxyl groups is 3. The lowest BCUT2D eigenvalue weighted by molar-refractivity contribution is -0.0732. The van der Waals surface area contributed by atoms with Crippen LogP contribution in [0.3, 0.4) is 0 Å². The molecule has 0 fully saturated rings. The molecule has 0 aliphatic heterocycles. The van der Waals surface area contributed by atoms with Crippen LogP contribution in [0.1, 0.15) is 11.7 Å². The van der Waals surface area contributed by atoms with Crippen LogP contribution in [0.15, 0.2) is 84.9 Å². The summed E-state index contributed by atoms with van der Waals surface area (Å²) in [5.74, 6) is 0.640. The molecule has 1 unspecified atom stereocenters. The normalized spacial score (nSPS) is 12.9. The second-order valence-corrected chi connectivity index (χ2v) is 7.38. The van der Waals surface area contributed by atoms with Crippen molar-refractivity contribution in [1.82, 2.24) is 0 Å². The smallest absolute Gasteiger partial charge is 0.137 e. The molecule has 0 amide bonds. The average molecular weight is 388 g/mol. The van der Waals surface area contributed by atoms with Crippen molar-refractivity contribution < 1.29 is 20.1 Å². The van der Waals surface area contributed by atoms with E-state index < -0.39 is 31.3 Å². The minimum atomic E-state index is -1.25. The van der Waals surface area contributed by atoms with E-state index >= 15 is 0 Å². The van der Waals surface area contributed by atoms with Crippen LogP contribution in [0.4, 0.5) is 0 Å². The van der Waals surface area contributed by atoms with Gasteiger partial charge in [0.25, 0.3) is 0 Å². The Labute approximate surface area is 169 Å². The molecule has 4 aromatic carbocycles. The third-order valence-corrected chi connectivity index (χ3v) is 5.60. The molecule has 1 atom stereocenters. The van der Waals surface area contributed by atoms with Crippen molar-refractivity contribution in [3.63, 3.8) is 0 Å². The molecule has 148 valence electrons. The lowest BCUT2D eigenvalue weighted by Gasteiger charge is -2.37. The molecular weight excluding hydrogens is 364 g/mol. The third kappa shape index (κ3) is 3.47.